The first-order valence-electron chi connectivity index (χ1n) is 9.03. The van der Waals surface area contributed by atoms with Gasteiger partial charge in [0.2, 0.25) is 5.88 Å². The molecule has 152 valence electrons. The third-order valence-corrected chi connectivity index (χ3v) is 4.30. The predicted octanol–water partition coefficient (Wildman–Crippen LogP) is 4.55. The summed E-state index contributed by atoms with van der Waals surface area (Å²) in [5.74, 6) is 0.218. The zero-order valence-electron chi connectivity index (χ0n) is 17.0. The molecule has 29 heavy (non-hydrogen) atoms. The van der Waals surface area contributed by atoms with E-state index in [1.54, 1.807) is 36.4 Å². The van der Waals surface area contributed by atoms with Crippen LogP contribution in [0.5, 0.6) is 17.4 Å². The largest absolute Gasteiger partial charge is 0.497 e. The van der Waals surface area contributed by atoms with Crippen molar-refractivity contribution in [2.75, 3.05) is 14.2 Å². The molecule has 2 aromatic carbocycles. The molecule has 0 aliphatic carbocycles. The van der Waals surface area contributed by atoms with Crippen LogP contribution in [0.4, 0.5) is 4.39 Å². The quantitative estimate of drug-likeness (QED) is 0.590. The van der Waals surface area contributed by atoms with Crippen molar-refractivity contribution in [1.29, 1.82) is 0 Å². The lowest BCUT2D eigenvalue weighted by atomic mass is 9.93. The monoisotopic (exact) mass is 398 g/mol. The number of nitrogens with zero attached hydrogens (tertiary/aromatic N) is 2. The molecule has 0 aliphatic heterocycles. The van der Waals surface area contributed by atoms with Gasteiger partial charge in [0.1, 0.15) is 17.3 Å². The molecule has 0 saturated heterocycles. The first-order valence-corrected chi connectivity index (χ1v) is 9.03. The van der Waals surface area contributed by atoms with Crippen LogP contribution in [0.1, 0.15) is 36.8 Å². The average molecular weight is 398 g/mol. The number of carbonyl (C=O) groups is 1. The number of esters is 1. The highest BCUT2D eigenvalue weighted by Crippen LogP contribution is 2.29. The summed E-state index contributed by atoms with van der Waals surface area (Å²) in [6.45, 7) is 6.01. The number of carbonyl (C=O) groups excluding carboxylic acids is 1. The highest BCUT2D eigenvalue weighted by Gasteiger charge is 2.23. The third kappa shape index (κ3) is 4.56. The molecule has 3 aromatic rings. The fourth-order valence-electron chi connectivity index (χ4n) is 2.65. The van der Waals surface area contributed by atoms with E-state index in [1.165, 1.54) is 31.0 Å². The smallest absolute Gasteiger partial charge is 0.345 e. The highest BCUT2D eigenvalue weighted by molar-refractivity contribution is 5.92. The van der Waals surface area contributed by atoms with Gasteiger partial charge < -0.3 is 14.2 Å². The Morgan fingerprint density at radius 3 is 2.07 bits per heavy atom. The summed E-state index contributed by atoms with van der Waals surface area (Å²) in [4.78, 5) is 12.8. The molecule has 1 aromatic heterocycles. The number of ether oxygens (including phenoxy) is 3. The molecule has 0 spiro atoms. The van der Waals surface area contributed by atoms with Crippen LogP contribution in [0.3, 0.4) is 0 Å². The van der Waals surface area contributed by atoms with Gasteiger partial charge in [-0.15, -0.1) is 0 Å². The van der Waals surface area contributed by atoms with E-state index in [2.05, 4.69) is 5.10 Å². The summed E-state index contributed by atoms with van der Waals surface area (Å²) in [7, 11) is 3.01. The van der Waals surface area contributed by atoms with Crippen molar-refractivity contribution >= 4 is 5.97 Å². The number of halogens is 1. The van der Waals surface area contributed by atoms with Crippen molar-refractivity contribution in [1.82, 2.24) is 9.78 Å². The predicted molar refractivity (Wildman–Crippen MR) is 107 cm³/mol. The zero-order valence-corrected chi connectivity index (χ0v) is 17.0. The van der Waals surface area contributed by atoms with E-state index >= 15 is 0 Å². The van der Waals surface area contributed by atoms with Gasteiger partial charge in [0.15, 0.2) is 0 Å². The van der Waals surface area contributed by atoms with Crippen molar-refractivity contribution in [3.05, 3.63) is 65.6 Å². The van der Waals surface area contributed by atoms with Gasteiger partial charge in [0, 0.05) is 17.5 Å². The molecule has 0 amide bonds. The van der Waals surface area contributed by atoms with Crippen molar-refractivity contribution in [3.63, 3.8) is 0 Å². The van der Waals surface area contributed by atoms with E-state index in [1.807, 2.05) is 20.8 Å². The molecule has 0 aliphatic rings. The van der Waals surface area contributed by atoms with Gasteiger partial charge in [-0.05, 0) is 36.4 Å². The van der Waals surface area contributed by atoms with Crippen LogP contribution in [0.15, 0.2) is 48.5 Å². The molecule has 0 saturated carbocycles. The molecular formula is C22H23FN2O4. The number of methoxy groups -OCH3 is 2. The second-order valence-corrected chi connectivity index (χ2v) is 7.50. The summed E-state index contributed by atoms with van der Waals surface area (Å²) in [6.07, 6.45) is 0. The van der Waals surface area contributed by atoms with Crippen LogP contribution in [-0.4, -0.2) is 30.0 Å². The van der Waals surface area contributed by atoms with Crippen LogP contribution >= 0.6 is 0 Å². The Labute approximate surface area is 168 Å². The highest BCUT2D eigenvalue weighted by atomic mass is 19.1. The number of benzene rings is 2. The Kier molecular flexibility index (Phi) is 5.59. The lowest BCUT2D eigenvalue weighted by Gasteiger charge is -2.13. The third-order valence-electron chi connectivity index (χ3n) is 4.30. The van der Waals surface area contributed by atoms with Gasteiger partial charge in [-0.3, -0.25) is 0 Å². The fraction of sp³-hybridized carbons (Fsp3) is 0.273. The minimum Gasteiger partial charge on any atom is -0.497 e. The summed E-state index contributed by atoms with van der Waals surface area (Å²) < 4.78 is 30.9. The number of hydrogen-bond acceptors (Lipinski definition) is 5. The number of rotatable bonds is 5. The van der Waals surface area contributed by atoms with Gasteiger partial charge in [-0.1, -0.05) is 20.8 Å². The molecule has 0 unspecified atom stereocenters. The lowest BCUT2D eigenvalue weighted by Crippen LogP contribution is -2.13. The molecule has 7 heteroatoms. The van der Waals surface area contributed by atoms with Crippen LogP contribution in [0.25, 0.3) is 5.69 Å². The molecule has 0 bridgehead atoms. The molecular weight excluding hydrogens is 375 g/mol. The molecule has 0 radical (unpaired) electrons. The van der Waals surface area contributed by atoms with Crippen molar-refractivity contribution < 1.29 is 23.4 Å². The first kappa shape index (κ1) is 20.4. The van der Waals surface area contributed by atoms with Gasteiger partial charge >= 0.3 is 5.97 Å². The number of hydrogen-bond donors (Lipinski definition) is 0. The zero-order chi connectivity index (χ0) is 21.2. The summed E-state index contributed by atoms with van der Waals surface area (Å²) in [6, 6.07) is 12.3. The lowest BCUT2D eigenvalue weighted by molar-refractivity contribution is 0.0722. The van der Waals surface area contributed by atoms with Crippen molar-refractivity contribution in [3.8, 4) is 23.1 Å². The average Bonchev–Trinajstić information content (AvgIpc) is 3.12. The van der Waals surface area contributed by atoms with Crippen LogP contribution in [0.2, 0.25) is 0 Å². The van der Waals surface area contributed by atoms with Crippen LogP contribution in [-0.2, 0) is 5.41 Å². The molecule has 6 nitrogen and oxygen atoms in total. The molecule has 0 fully saturated rings. The second kappa shape index (κ2) is 7.95. The Balaban J connectivity index is 2.00. The molecule has 1 heterocycles. The van der Waals surface area contributed by atoms with Gasteiger partial charge in [-0.25, -0.2) is 13.9 Å². The second-order valence-electron chi connectivity index (χ2n) is 7.50. The maximum absolute atomic E-state index is 13.3. The van der Waals surface area contributed by atoms with Crippen molar-refractivity contribution in [2.24, 2.45) is 0 Å². The normalized spacial score (nSPS) is 11.2. The van der Waals surface area contributed by atoms with E-state index < -0.39 is 5.97 Å². The van der Waals surface area contributed by atoms with E-state index in [9.17, 15) is 9.18 Å². The standard InChI is InChI=1S/C22H23FN2O4/c1-22(2,3)19-13-20(25(24-19)16-8-6-15(23)7-9-16)29-21(26)14-10-17(27-4)12-18(11-14)28-5/h6-13H,1-5H3. The summed E-state index contributed by atoms with van der Waals surface area (Å²) in [5.41, 5.74) is 1.30. The van der Waals surface area contributed by atoms with Crippen molar-refractivity contribution in [2.45, 2.75) is 26.2 Å². The van der Waals surface area contributed by atoms with E-state index in [0.717, 1.165) is 5.69 Å². The number of aromatic nitrogens is 2. The van der Waals surface area contributed by atoms with Gasteiger partial charge in [0.25, 0.3) is 0 Å². The van der Waals surface area contributed by atoms with Crippen LogP contribution in [0, 0.1) is 5.82 Å². The van der Waals surface area contributed by atoms with Crippen LogP contribution < -0.4 is 14.2 Å². The Morgan fingerprint density at radius 1 is 0.966 bits per heavy atom. The fourth-order valence-corrected chi connectivity index (χ4v) is 2.65. The Bertz CT molecular complexity index is 998. The van der Waals surface area contributed by atoms with Gasteiger partial charge in [0.05, 0.1) is 31.2 Å². The van der Waals surface area contributed by atoms with Gasteiger partial charge in [-0.2, -0.15) is 5.10 Å². The Morgan fingerprint density at radius 2 is 1.55 bits per heavy atom. The summed E-state index contributed by atoms with van der Waals surface area (Å²) in [5, 5.41) is 4.56. The van der Waals surface area contributed by atoms with E-state index in [-0.39, 0.29) is 22.7 Å². The minimum absolute atomic E-state index is 0.230. The topological polar surface area (TPSA) is 62.6 Å². The molecule has 0 atom stereocenters. The Hall–Kier alpha value is -3.35. The molecule has 3 rings (SSSR count). The summed E-state index contributed by atoms with van der Waals surface area (Å²) >= 11 is 0. The molecule has 0 N–H and O–H groups in total. The van der Waals surface area contributed by atoms with E-state index in [0.29, 0.717) is 17.2 Å². The SMILES string of the molecule is COc1cc(OC)cc(C(=O)Oc2cc(C(C)(C)C)nn2-c2ccc(F)cc2)c1. The maximum atomic E-state index is 13.3. The first-order chi connectivity index (χ1) is 13.7. The minimum atomic E-state index is -0.592. The van der Waals surface area contributed by atoms with E-state index in [4.69, 9.17) is 14.2 Å². The maximum Gasteiger partial charge on any atom is 0.345 e.